The van der Waals surface area contributed by atoms with Crippen LogP contribution in [-0.2, 0) is 0 Å². The van der Waals surface area contributed by atoms with Gasteiger partial charge in [0.2, 0.25) is 0 Å². The molecule has 1 saturated carbocycles. The fraction of sp³-hybridized carbons (Fsp3) is 0.435. The second kappa shape index (κ2) is 9.42. The van der Waals surface area contributed by atoms with E-state index >= 15 is 0 Å². The molecule has 0 radical (unpaired) electrons. The predicted molar refractivity (Wildman–Crippen MR) is 112 cm³/mol. The minimum atomic E-state index is -0.124. The first-order valence-electron chi connectivity index (χ1n) is 10.0. The van der Waals surface area contributed by atoms with E-state index in [-0.39, 0.29) is 19.5 Å². The van der Waals surface area contributed by atoms with Gasteiger partial charge in [-0.15, -0.1) is 0 Å². The molecule has 1 heterocycles. The molecule has 6 nitrogen and oxygen atoms in total. The van der Waals surface area contributed by atoms with Crippen LogP contribution in [0, 0.1) is 11.3 Å². The third-order valence-electron chi connectivity index (χ3n) is 5.29. The number of nitriles is 1. The molecule has 1 N–H and O–H groups in total. The van der Waals surface area contributed by atoms with Gasteiger partial charge in [-0.1, -0.05) is 19.9 Å². The summed E-state index contributed by atoms with van der Waals surface area (Å²) in [4.78, 5) is 16.7. The highest BCUT2D eigenvalue weighted by atomic mass is 16.5. The number of amides is 1. The summed E-state index contributed by atoms with van der Waals surface area (Å²) < 4.78 is 11.3. The van der Waals surface area contributed by atoms with E-state index in [0.29, 0.717) is 28.7 Å². The average molecular weight is 396 g/mol. The van der Waals surface area contributed by atoms with Crippen LogP contribution in [0.3, 0.4) is 0 Å². The summed E-state index contributed by atoms with van der Waals surface area (Å²) in [5, 5.41) is 12.2. The van der Waals surface area contributed by atoms with Crippen molar-refractivity contribution in [2.45, 2.75) is 57.6 Å². The maximum Gasteiger partial charge on any atom is 0.270 e. The van der Waals surface area contributed by atoms with Gasteiger partial charge in [-0.3, -0.25) is 9.78 Å². The van der Waals surface area contributed by atoms with E-state index in [4.69, 9.17) is 14.7 Å². The zero-order valence-corrected chi connectivity index (χ0v) is 17.1. The van der Waals surface area contributed by atoms with Crippen LogP contribution in [0.25, 0.3) is 0 Å². The first-order chi connectivity index (χ1) is 14.0. The Kier molecular flexibility index (Phi) is 6.71. The number of aromatic nitrogens is 1. The van der Waals surface area contributed by atoms with Crippen molar-refractivity contribution in [2.75, 3.05) is 7.11 Å². The summed E-state index contributed by atoms with van der Waals surface area (Å²) in [6, 6.07) is 11.2. The summed E-state index contributed by atoms with van der Waals surface area (Å²) in [6.07, 6.45) is 5.28. The van der Waals surface area contributed by atoms with Crippen molar-refractivity contribution in [3.63, 3.8) is 0 Å². The Morgan fingerprint density at radius 1 is 1.24 bits per heavy atom. The largest absolute Gasteiger partial charge is 0.495 e. The summed E-state index contributed by atoms with van der Waals surface area (Å²) in [7, 11) is 1.54. The van der Waals surface area contributed by atoms with Crippen LogP contribution >= 0.6 is 0 Å². The number of carbonyl (C=O) groups excluding carboxylic acids is 1. The van der Waals surface area contributed by atoms with Crippen LogP contribution in [0.1, 0.15) is 68.5 Å². The van der Waals surface area contributed by atoms with Crippen molar-refractivity contribution < 1.29 is 15.7 Å². The second-order valence-electron chi connectivity index (χ2n) is 7.67. The van der Waals surface area contributed by atoms with Crippen molar-refractivity contribution in [3.8, 4) is 17.6 Å². The Morgan fingerprint density at radius 3 is 2.59 bits per heavy atom. The second-order valence-corrected chi connectivity index (χ2v) is 7.67. The quantitative estimate of drug-likeness (QED) is 0.781. The van der Waals surface area contributed by atoms with E-state index in [2.05, 4.69) is 30.2 Å². The van der Waals surface area contributed by atoms with Crippen LogP contribution in [-0.4, -0.2) is 30.1 Å². The molecule has 1 aliphatic rings. The van der Waals surface area contributed by atoms with E-state index in [1.807, 2.05) is 6.07 Å². The lowest BCUT2D eigenvalue weighted by Crippen LogP contribution is -2.40. The average Bonchev–Trinajstić information content (AvgIpc) is 2.75. The molecule has 6 heteroatoms. The number of carbonyl (C=O) groups is 1. The minimum absolute atomic E-state index is 0. The zero-order valence-electron chi connectivity index (χ0n) is 17.1. The molecular formula is C23H29N3O3. The summed E-state index contributed by atoms with van der Waals surface area (Å²) in [6.45, 7) is 4.20. The molecule has 0 unspecified atom stereocenters. The number of ether oxygens (including phenoxy) is 2. The van der Waals surface area contributed by atoms with E-state index in [0.717, 1.165) is 31.2 Å². The van der Waals surface area contributed by atoms with E-state index in [9.17, 15) is 4.79 Å². The van der Waals surface area contributed by atoms with Crippen LogP contribution in [0.5, 0.6) is 11.5 Å². The Hall–Kier alpha value is -3.07. The van der Waals surface area contributed by atoms with Crippen molar-refractivity contribution in [1.82, 2.24) is 10.3 Å². The molecule has 1 aliphatic carbocycles. The van der Waals surface area contributed by atoms with Gasteiger partial charge in [0.05, 0.1) is 18.8 Å². The number of nitrogens with zero attached hydrogens (tertiary/aromatic N) is 2. The number of pyridine rings is 1. The normalized spacial score (nSPS) is 18.7. The lowest BCUT2D eigenvalue weighted by Gasteiger charge is -2.29. The molecule has 0 atom stereocenters. The number of rotatable bonds is 6. The molecule has 0 aliphatic heterocycles. The van der Waals surface area contributed by atoms with Gasteiger partial charge in [-0.05, 0) is 55.4 Å². The predicted octanol–water partition coefficient (Wildman–Crippen LogP) is 4.45. The molecule has 0 saturated heterocycles. The smallest absolute Gasteiger partial charge is 0.270 e. The first kappa shape index (κ1) is 20.7. The van der Waals surface area contributed by atoms with Crippen molar-refractivity contribution in [1.29, 1.82) is 5.26 Å². The summed E-state index contributed by atoms with van der Waals surface area (Å²) >= 11 is 0. The maximum atomic E-state index is 12.5. The van der Waals surface area contributed by atoms with Crippen molar-refractivity contribution in [3.05, 3.63) is 53.3 Å². The fourth-order valence-electron chi connectivity index (χ4n) is 3.50. The molecule has 0 spiro atoms. The molecule has 29 heavy (non-hydrogen) atoms. The number of hydrogen-bond donors (Lipinski definition) is 1. The third kappa shape index (κ3) is 5.26. The molecule has 3 rings (SSSR count). The zero-order chi connectivity index (χ0) is 20.8. The van der Waals surface area contributed by atoms with Crippen LogP contribution in [0.2, 0.25) is 0 Å². The molecule has 1 amide bonds. The Labute approximate surface area is 173 Å². The van der Waals surface area contributed by atoms with Crippen LogP contribution in [0.15, 0.2) is 36.5 Å². The molecule has 1 aromatic carbocycles. The highest BCUT2D eigenvalue weighted by Crippen LogP contribution is 2.28. The molecule has 0 bridgehead atoms. The van der Waals surface area contributed by atoms with Crippen molar-refractivity contribution in [2.24, 2.45) is 0 Å². The number of benzene rings is 1. The summed E-state index contributed by atoms with van der Waals surface area (Å²) in [5.41, 5.74) is 2.07. The lowest BCUT2D eigenvalue weighted by atomic mass is 9.92. The van der Waals surface area contributed by atoms with E-state index in [1.54, 1.807) is 37.6 Å². The van der Waals surface area contributed by atoms with Gasteiger partial charge < -0.3 is 14.8 Å². The molecule has 1 fully saturated rings. The Morgan fingerprint density at radius 2 is 2.00 bits per heavy atom. The maximum absolute atomic E-state index is 12.5. The van der Waals surface area contributed by atoms with Gasteiger partial charge in [-0.2, -0.15) is 5.26 Å². The van der Waals surface area contributed by atoms with Gasteiger partial charge >= 0.3 is 0 Å². The van der Waals surface area contributed by atoms with Gasteiger partial charge in [0.25, 0.3) is 5.91 Å². The SMILES string of the molecule is COc1cc(OC2CCC(NC(=O)c3ccc(C(C)C)cn3)CC2)ccc1C#N.[HH]. The van der Waals surface area contributed by atoms with Crippen molar-refractivity contribution >= 4 is 5.91 Å². The standard InChI is InChI=1S/C23H27N3O3.H2/c1-15(2)17-5-11-21(25-14-17)23(27)26-18-6-9-19(10-7-18)29-20-8-4-16(13-24)22(12-20)28-3;/h4-5,8,11-12,14-15,18-19H,6-7,9-10H2,1-3H3,(H,26,27);1H. The Bertz CT molecular complexity index is 886. The first-order valence-corrected chi connectivity index (χ1v) is 10.0. The van der Waals surface area contributed by atoms with E-state index < -0.39 is 0 Å². The molecule has 2 aromatic rings. The molecule has 1 aromatic heterocycles. The van der Waals surface area contributed by atoms with Gasteiger partial charge in [-0.25, -0.2) is 0 Å². The number of hydrogen-bond acceptors (Lipinski definition) is 5. The van der Waals surface area contributed by atoms with Gasteiger partial charge in [0.1, 0.15) is 23.3 Å². The van der Waals surface area contributed by atoms with Gasteiger partial charge in [0, 0.05) is 19.7 Å². The monoisotopic (exact) mass is 395 g/mol. The fourth-order valence-corrected chi connectivity index (χ4v) is 3.50. The van der Waals surface area contributed by atoms with E-state index in [1.165, 1.54) is 0 Å². The molecule has 154 valence electrons. The third-order valence-corrected chi connectivity index (χ3v) is 5.29. The van der Waals surface area contributed by atoms with Crippen LogP contribution < -0.4 is 14.8 Å². The highest BCUT2D eigenvalue weighted by molar-refractivity contribution is 5.92. The highest BCUT2D eigenvalue weighted by Gasteiger charge is 2.24. The van der Waals surface area contributed by atoms with Gasteiger partial charge in [0.15, 0.2) is 0 Å². The minimum Gasteiger partial charge on any atom is -0.495 e. The number of nitrogens with one attached hydrogen (secondary N) is 1. The summed E-state index contributed by atoms with van der Waals surface area (Å²) in [5.74, 6) is 1.48. The number of methoxy groups -OCH3 is 1. The lowest BCUT2D eigenvalue weighted by molar-refractivity contribution is 0.0889. The topological polar surface area (TPSA) is 84.2 Å². The van der Waals surface area contributed by atoms with Crippen LogP contribution in [0.4, 0.5) is 0 Å². The Balaban J connectivity index is 0.00000320. The molecular weight excluding hydrogens is 366 g/mol.